The number of hydrogen-bond donors (Lipinski definition) is 1. The molecule has 0 aliphatic carbocycles. The van der Waals surface area contributed by atoms with Gasteiger partial charge < -0.3 is 5.32 Å². The van der Waals surface area contributed by atoms with Crippen LogP contribution in [0.15, 0.2) is 95.0 Å². The number of amides is 1. The summed E-state index contributed by atoms with van der Waals surface area (Å²) in [7, 11) is -3.64. The molecule has 1 N–H and O–H groups in total. The average Bonchev–Trinajstić information content (AvgIpc) is 3.37. The van der Waals surface area contributed by atoms with Crippen molar-refractivity contribution in [3.05, 3.63) is 90.5 Å². The van der Waals surface area contributed by atoms with Crippen LogP contribution >= 0.6 is 11.8 Å². The Kier molecular flexibility index (Phi) is 8.98. The summed E-state index contributed by atoms with van der Waals surface area (Å²) in [6.07, 6.45) is 0. The maximum absolute atomic E-state index is 13.1. The second-order valence-electron chi connectivity index (χ2n) is 8.58. The summed E-state index contributed by atoms with van der Waals surface area (Å²) in [4.78, 5) is 12.9. The van der Waals surface area contributed by atoms with E-state index in [1.54, 1.807) is 18.2 Å². The highest BCUT2D eigenvalue weighted by Crippen LogP contribution is 2.30. The van der Waals surface area contributed by atoms with Crippen molar-refractivity contribution in [2.24, 2.45) is 0 Å². The number of rotatable bonds is 11. The fourth-order valence-corrected chi connectivity index (χ4v) is 6.37. The van der Waals surface area contributed by atoms with Crippen molar-refractivity contribution in [2.75, 3.05) is 18.8 Å². The third-order valence-corrected chi connectivity index (χ3v) is 9.07. The fourth-order valence-electron chi connectivity index (χ4n) is 4.11. The van der Waals surface area contributed by atoms with E-state index < -0.39 is 10.0 Å². The van der Waals surface area contributed by atoms with Crippen molar-refractivity contribution in [1.82, 2.24) is 24.4 Å². The molecule has 0 saturated heterocycles. The van der Waals surface area contributed by atoms with Crippen LogP contribution in [0.2, 0.25) is 0 Å². The summed E-state index contributed by atoms with van der Waals surface area (Å²) in [5, 5.41) is 12.3. The van der Waals surface area contributed by atoms with Crippen molar-refractivity contribution in [3.8, 4) is 17.1 Å². The number of carbonyl (C=O) groups excluding carboxylic acids is 1. The lowest BCUT2D eigenvalue weighted by Crippen LogP contribution is -2.30. The van der Waals surface area contributed by atoms with Gasteiger partial charge in [0.05, 0.1) is 16.7 Å². The summed E-state index contributed by atoms with van der Waals surface area (Å²) in [6.45, 7) is 6.35. The van der Waals surface area contributed by atoms with E-state index in [-0.39, 0.29) is 22.6 Å². The minimum Gasteiger partial charge on any atom is -0.349 e. The molecule has 0 saturated carbocycles. The number of thioether (sulfide) groups is 1. The van der Waals surface area contributed by atoms with E-state index in [0.29, 0.717) is 29.6 Å². The molecule has 8 nitrogen and oxygen atoms in total. The Labute approximate surface area is 228 Å². The van der Waals surface area contributed by atoms with Crippen LogP contribution in [0.4, 0.5) is 0 Å². The summed E-state index contributed by atoms with van der Waals surface area (Å²) >= 11 is 1.28. The van der Waals surface area contributed by atoms with Crippen molar-refractivity contribution >= 4 is 27.7 Å². The normalized spacial score (nSPS) is 12.4. The molecule has 38 heavy (non-hydrogen) atoms. The Morgan fingerprint density at radius 2 is 1.61 bits per heavy atom. The van der Waals surface area contributed by atoms with Crippen LogP contribution in [0.1, 0.15) is 32.4 Å². The molecule has 1 unspecified atom stereocenters. The summed E-state index contributed by atoms with van der Waals surface area (Å²) in [6, 6.07) is 26.0. The van der Waals surface area contributed by atoms with Gasteiger partial charge in [-0.05, 0) is 36.8 Å². The molecule has 1 heterocycles. The zero-order chi connectivity index (χ0) is 27.1. The van der Waals surface area contributed by atoms with Crippen LogP contribution in [0.3, 0.4) is 0 Å². The van der Waals surface area contributed by atoms with Gasteiger partial charge in [0, 0.05) is 24.3 Å². The Bertz CT molecular complexity index is 1470. The molecule has 1 aromatic heterocycles. The van der Waals surface area contributed by atoms with E-state index >= 15 is 0 Å². The number of nitrogens with zero attached hydrogens (tertiary/aromatic N) is 4. The highest BCUT2D eigenvalue weighted by atomic mass is 32.2. The molecule has 4 aromatic rings. The smallest absolute Gasteiger partial charge is 0.243 e. The first-order chi connectivity index (χ1) is 18.3. The number of para-hydroxylation sites is 1. The van der Waals surface area contributed by atoms with Gasteiger partial charge in [-0.15, -0.1) is 10.2 Å². The number of benzene rings is 3. The lowest BCUT2D eigenvalue weighted by molar-refractivity contribution is -0.119. The first kappa shape index (κ1) is 27.6. The minimum absolute atomic E-state index is 0.122. The average molecular weight is 550 g/mol. The van der Waals surface area contributed by atoms with Crippen LogP contribution in [0.25, 0.3) is 17.1 Å². The summed E-state index contributed by atoms with van der Waals surface area (Å²) in [5.41, 5.74) is 2.45. The van der Waals surface area contributed by atoms with Gasteiger partial charge in [0.2, 0.25) is 15.9 Å². The molecule has 0 aliphatic rings. The van der Waals surface area contributed by atoms with Crippen molar-refractivity contribution in [1.29, 1.82) is 0 Å². The van der Waals surface area contributed by atoms with E-state index in [1.807, 2.05) is 92.1 Å². The number of hydrogen-bond acceptors (Lipinski definition) is 6. The largest absolute Gasteiger partial charge is 0.349 e. The SMILES string of the molecule is CCN(CC)S(=O)(=O)c1cccc(-c2nnc(SCC(=O)NC(C)c3ccccc3)n2-c2ccccc2)c1. The molecule has 198 valence electrons. The monoisotopic (exact) mass is 549 g/mol. The second-order valence-corrected chi connectivity index (χ2v) is 11.5. The molecule has 0 spiro atoms. The predicted molar refractivity (Wildman–Crippen MR) is 151 cm³/mol. The molecular weight excluding hydrogens is 518 g/mol. The van der Waals surface area contributed by atoms with Crippen LogP contribution in [0.5, 0.6) is 0 Å². The van der Waals surface area contributed by atoms with E-state index in [1.165, 1.54) is 16.1 Å². The van der Waals surface area contributed by atoms with Gasteiger partial charge in [0.25, 0.3) is 0 Å². The number of carbonyl (C=O) groups is 1. The Hall–Kier alpha value is -3.47. The third kappa shape index (κ3) is 6.15. The van der Waals surface area contributed by atoms with Gasteiger partial charge >= 0.3 is 0 Å². The van der Waals surface area contributed by atoms with Crippen molar-refractivity contribution in [2.45, 2.75) is 36.9 Å². The highest BCUT2D eigenvalue weighted by molar-refractivity contribution is 7.99. The number of sulfonamides is 1. The Morgan fingerprint density at radius 1 is 0.947 bits per heavy atom. The molecule has 0 radical (unpaired) electrons. The van der Waals surface area contributed by atoms with Crippen LogP contribution in [-0.4, -0.2) is 52.2 Å². The maximum atomic E-state index is 13.1. The minimum atomic E-state index is -3.64. The standard InChI is InChI=1S/C28H31N5O3S2/c1-4-32(5-2)38(35,36)25-18-12-15-23(19-25)27-30-31-28(33(27)24-16-10-7-11-17-24)37-20-26(34)29-21(3)22-13-8-6-9-14-22/h6-19,21H,4-5,20H2,1-3H3,(H,29,34). The topological polar surface area (TPSA) is 97.2 Å². The van der Waals surface area contributed by atoms with E-state index in [4.69, 9.17) is 0 Å². The van der Waals surface area contributed by atoms with Gasteiger partial charge in [0.1, 0.15) is 0 Å². The summed E-state index contributed by atoms with van der Waals surface area (Å²) in [5.74, 6) is 0.523. The zero-order valence-electron chi connectivity index (χ0n) is 21.6. The Morgan fingerprint density at radius 3 is 2.26 bits per heavy atom. The van der Waals surface area contributed by atoms with Crippen molar-refractivity contribution < 1.29 is 13.2 Å². The molecule has 10 heteroatoms. The second kappa shape index (κ2) is 12.4. The van der Waals surface area contributed by atoms with Crippen LogP contribution < -0.4 is 5.32 Å². The molecule has 4 rings (SSSR count). The third-order valence-electron chi connectivity index (χ3n) is 6.09. The Balaban J connectivity index is 1.62. The van der Waals surface area contributed by atoms with Crippen molar-refractivity contribution in [3.63, 3.8) is 0 Å². The van der Waals surface area contributed by atoms with Gasteiger partial charge in [-0.1, -0.05) is 86.3 Å². The van der Waals surface area contributed by atoms with Gasteiger partial charge in [-0.25, -0.2) is 8.42 Å². The highest BCUT2D eigenvalue weighted by Gasteiger charge is 2.24. The molecule has 1 amide bonds. The van der Waals surface area contributed by atoms with Crippen LogP contribution in [0, 0.1) is 0 Å². The molecule has 0 bridgehead atoms. The lowest BCUT2D eigenvalue weighted by atomic mass is 10.1. The molecule has 0 fully saturated rings. The lowest BCUT2D eigenvalue weighted by Gasteiger charge is -2.19. The van der Waals surface area contributed by atoms with Gasteiger partial charge in [-0.2, -0.15) is 4.31 Å². The fraction of sp³-hybridized carbons (Fsp3) is 0.250. The molecular formula is C28H31N5O3S2. The molecule has 1 atom stereocenters. The number of aromatic nitrogens is 3. The zero-order valence-corrected chi connectivity index (χ0v) is 23.2. The first-order valence-corrected chi connectivity index (χ1v) is 14.9. The van der Waals surface area contributed by atoms with Crippen LogP contribution in [-0.2, 0) is 14.8 Å². The van der Waals surface area contributed by atoms with E-state index in [0.717, 1.165) is 11.3 Å². The van der Waals surface area contributed by atoms with E-state index in [2.05, 4.69) is 15.5 Å². The number of nitrogens with one attached hydrogen (secondary N) is 1. The summed E-state index contributed by atoms with van der Waals surface area (Å²) < 4.78 is 29.6. The van der Waals surface area contributed by atoms with E-state index in [9.17, 15) is 13.2 Å². The van der Waals surface area contributed by atoms with Gasteiger partial charge in [0.15, 0.2) is 11.0 Å². The molecule has 3 aromatic carbocycles. The maximum Gasteiger partial charge on any atom is 0.243 e. The predicted octanol–water partition coefficient (Wildman–Crippen LogP) is 4.93. The van der Waals surface area contributed by atoms with Gasteiger partial charge in [-0.3, -0.25) is 9.36 Å². The molecule has 0 aliphatic heterocycles. The first-order valence-electron chi connectivity index (χ1n) is 12.4. The quantitative estimate of drug-likeness (QED) is 0.266.